The van der Waals surface area contributed by atoms with E-state index in [1.165, 1.54) is 11.5 Å². The topological polar surface area (TPSA) is 67.4 Å². The van der Waals surface area contributed by atoms with Crippen molar-refractivity contribution in [2.24, 2.45) is 0 Å². The molecule has 1 rings (SSSR count). The number of thioether (sulfide) groups is 2. The minimum Gasteiger partial charge on any atom is -0.444 e. The van der Waals surface area contributed by atoms with E-state index in [0.717, 1.165) is 12.3 Å². The van der Waals surface area contributed by atoms with E-state index in [9.17, 15) is 9.59 Å². The van der Waals surface area contributed by atoms with Gasteiger partial charge in [-0.2, -0.15) is 23.5 Å². The molecule has 1 aliphatic heterocycles. The van der Waals surface area contributed by atoms with Gasteiger partial charge in [0, 0.05) is 42.0 Å². The van der Waals surface area contributed by atoms with E-state index in [2.05, 4.69) is 10.6 Å². The smallest absolute Gasteiger partial charge is 0.407 e. The highest BCUT2D eigenvalue weighted by molar-refractivity contribution is 8.06. The summed E-state index contributed by atoms with van der Waals surface area (Å²) in [6, 6.07) is 0. The zero-order valence-electron chi connectivity index (χ0n) is 13.1. The lowest BCUT2D eigenvalue weighted by molar-refractivity contribution is -0.121. The average Bonchev–Trinajstić information content (AvgIpc) is 2.40. The van der Waals surface area contributed by atoms with Crippen LogP contribution in [-0.2, 0) is 9.53 Å². The number of ether oxygens (including phenoxy) is 1. The van der Waals surface area contributed by atoms with Crippen molar-refractivity contribution in [3.8, 4) is 0 Å². The lowest BCUT2D eigenvalue weighted by atomic mass is 10.2. The SMILES string of the molecule is CC(C)(C)OC(=O)NCCCC(=O)NCC1CSCCS1. The fraction of sp³-hybridized carbons (Fsp3) is 0.857. The molecule has 0 aromatic carbocycles. The van der Waals surface area contributed by atoms with Gasteiger partial charge >= 0.3 is 6.09 Å². The molecule has 1 unspecified atom stereocenters. The molecule has 5 nitrogen and oxygen atoms in total. The Hall–Kier alpha value is -0.560. The van der Waals surface area contributed by atoms with Crippen LogP contribution in [0, 0.1) is 0 Å². The summed E-state index contributed by atoms with van der Waals surface area (Å²) in [6.07, 6.45) is 0.622. The number of carbonyl (C=O) groups excluding carboxylic acids is 2. The monoisotopic (exact) mass is 334 g/mol. The standard InChI is InChI=1S/C14H26N2O3S2/c1-14(2,3)19-13(18)15-6-4-5-12(17)16-9-11-10-20-7-8-21-11/h11H,4-10H2,1-3H3,(H,15,18)(H,16,17). The van der Waals surface area contributed by atoms with Gasteiger partial charge in [-0.3, -0.25) is 4.79 Å². The number of carbonyl (C=O) groups is 2. The van der Waals surface area contributed by atoms with E-state index in [4.69, 9.17) is 4.74 Å². The summed E-state index contributed by atoms with van der Waals surface area (Å²) >= 11 is 3.88. The normalized spacial score (nSPS) is 18.9. The first-order valence-electron chi connectivity index (χ1n) is 7.30. The van der Waals surface area contributed by atoms with Crippen LogP contribution < -0.4 is 10.6 Å². The summed E-state index contributed by atoms with van der Waals surface area (Å²) in [5.74, 6) is 3.55. The van der Waals surface area contributed by atoms with Crippen molar-refractivity contribution in [2.75, 3.05) is 30.3 Å². The molecule has 1 heterocycles. The molecule has 0 aromatic rings. The Kier molecular flexibility index (Phi) is 8.33. The third-order valence-corrected chi connectivity index (χ3v) is 5.51. The number of hydrogen-bond acceptors (Lipinski definition) is 5. The van der Waals surface area contributed by atoms with E-state index in [1.54, 1.807) is 0 Å². The Morgan fingerprint density at radius 3 is 2.62 bits per heavy atom. The molecule has 1 saturated heterocycles. The lowest BCUT2D eigenvalue weighted by Crippen LogP contribution is -2.35. The molecule has 0 spiro atoms. The highest BCUT2D eigenvalue weighted by Crippen LogP contribution is 2.23. The van der Waals surface area contributed by atoms with Gasteiger partial charge in [0.1, 0.15) is 5.60 Å². The maximum Gasteiger partial charge on any atom is 0.407 e. The lowest BCUT2D eigenvalue weighted by Gasteiger charge is -2.21. The maximum atomic E-state index is 11.7. The Balaban J connectivity index is 2.01. The molecule has 1 aliphatic rings. The first-order valence-corrected chi connectivity index (χ1v) is 9.50. The first kappa shape index (κ1) is 18.5. The van der Waals surface area contributed by atoms with Crippen LogP contribution in [0.4, 0.5) is 4.79 Å². The molecule has 0 saturated carbocycles. The van der Waals surface area contributed by atoms with Crippen molar-refractivity contribution in [1.82, 2.24) is 10.6 Å². The van der Waals surface area contributed by atoms with Crippen molar-refractivity contribution in [2.45, 2.75) is 44.5 Å². The van der Waals surface area contributed by atoms with Gasteiger partial charge in [0.25, 0.3) is 0 Å². The van der Waals surface area contributed by atoms with Crippen LogP contribution in [0.15, 0.2) is 0 Å². The summed E-state index contributed by atoms with van der Waals surface area (Å²) in [5, 5.41) is 6.15. The Labute approximate surface area is 135 Å². The predicted octanol–water partition coefficient (Wildman–Crippen LogP) is 2.26. The first-order chi connectivity index (χ1) is 9.87. The van der Waals surface area contributed by atoms with Crippen molar-refractivity contribution in [3.05, 3.63) is 0 Å². The number of rotatable bonds is 6. The van der Waals surface area contributed by atoms with Crippen LogP contribution in [-0.4, -0.2) is 53.2 Å². The fourth-order valence-corrected chi connectivity index (χ4v) is 4.34. The fourth-order valence-electron chi connectivity index (χ4n) is 1.72. The Morgan fingerprint density at radius 2 is 2.00 bits per heavy atom. The van der Waals surface area contributed by atoms with Crippen LogP contribution in [0.2, 0.25) is 0 Å². The van der Waals surface area contributed by atoms with Crippen LogP contribution in [0.1, 0.15) is 33.6 Å². The molecule has 21 heavy (non-hydrogen) atoms. The van der Waals surface area contributed by atoms with Crippen molar-refractivity contribution in [1.29, 1.82) is 0 Å². The molecule has 2 N–H and O–H groups in total. The predicted molar refractivity (Wildman–Crippen MR) is 90.1 cm³/mol. The molecule has 0 radical (unpaired) electrons. The van der Waals surface area contributed by atoms with Gasteiger partial charge in [0.2, 0.25) is 5.91 Å². The van der Waals surface area contributed by atoms with Gasteiger partial charge in [-0.15, -0.1) is 0 Å². The Bertz CT molecular complexity index is 340. The van der Waals surface area contributed by atoms with Gasteiger partial charge in [-0.25, -0.2) is 4.79 Å². The summed E-state index contributed by atoms with van der Waals surface area (Å²) in [5.41, 5.74) is -0.489. The summed E-state index contributed by atoms with van der Waals surface area (Å²) in [6.45, 7) is 6.66. The van der Waals surface area contributed by atoms with Crippen LogP contribution in [0.25, 0.3) is 0 Å². The number of nitrogens with one attached hydrogen (secondary N) is 2. The second-order valence-electron chi connectivity index (χ2n) is 5.90. The number of hydrogen-bond donors (Lipinski definition) is 2. The largest absolute Gasteiger partial charge is 0.444 e. The van der Waals surface area contributed by atoms with E-state index in [1.807, 2.05) is 44.3 Å². The van der Waals surface area contributed by atoms with E-state index in [0.29, 0.717) is 24.6 Å². The maximum absolute atomic E-state index is 11.7. The summed E-state index contributed by atoms with van der Waals surface area (Å²) in [4.78, 5) is 23.1. The molecule has 0 aliphatic carbocycles. The van der Waals surface area contributed by atoms with E-state index < -0.39 is 11.7 Å². The molecular weight excluding hydrogens is 308 g/mol. The quantitative estimate of drug-likeness (QED) is 0.729. The molecule has 7 heteroatoms. The highest BCUT2D eigenvalue weighted by Gasteiger charge is 2.16. The second kappa shape index (κ2) is 9.46. The van der Waals surface area contributed by atoms with E-state index in [-0.39, 0.29) is 5.91 Å². The third kappa shape index (κ3) is 9.90. The van der Waals surface area contributed by atoms with Crippen LogP contribution in [0.5, 0.6) is 0 Å². The minimum atomic E-state index is -0.489. The molecule has 122 valence electrons. The van der Waals surface area contributed by atoms with Gasteiger partial charge in [-0.1, -0.05) is 0 Å². The van der Waals surface area contributed by atoms with Crippen LogP contribution >= 0.6 is 23.5 Å². The van der Waals surface area contributed by atoms with Gasteiger partial charge in [0.05, 0.1) is 0 Å². The van der Waals surface area contributed by atoms with Crippen molar-refractivity contribution >= 4 is 35.5 Å². The van der Waals surface area contributed by atoms with Gasteiger partial charge in [-0.05, 0) is 27.2 Å². The van der Waals surface area contributed by atoms with E-state index >= 15 is 0 Å². The molecule has 0 aromatic heterocycles. The van der Waals surface area contributed by atoms with Gasteiger partial charge in [0.15, 0.2) is 0 Å². The van der Waals surface area contributed by atoms with Gasteiger partial charge < -0.3 is 15.4 Å². The molecule has 0 bridgehead atoms. The summed E-state index contributed by atoms with van der Waals surface area (Å²) in [7, 11) is 0. The number of alkyl carbamates (subject to hydrolysis) is 1. The molecular formula is C14H26N2O3S2. The molecule has 2 amide bonds. The minimum absolute atomic E-state index is 0.0529. The summed E-state index contributed by atoms with van der Waals surface area (Å²) < 4.78 is 5.12. The highest BCUT2D eigenvalue weighted by atomic mass is 32.2. The zero-order valence-corrected chi connectivity index (χ0v) is 14.7. The Morgan fingerprint density at radius 1 is 1.24 bits per heavy atom. The molecule has 1 fully saturated rings. The average molecular weight is 335 g/mol. The zero-order chi connectivity index (χ0) is 15.7. The third-order valence-electron chi connectivity index (χ3n) is 2.66. The molecule has 1 atom stereocenters. The second-order valence-corrected chi connectivity index (χ2v) is 8.46. The van der Waals surface area contributed by atoms with Crippen molar-refractivity contribution in [3.63, 3.8) is 0 Å². The van der Waals surface area contributed by atoms with Crippen LogP contribution in [0.3, 0.4) is 0 Å². The van der Waals surface area contributed by atoms with Crippen molar-refractivity contribution < 1.29 is 14.3 Å². The number of amides is 2.